The molecule has 0 radical (unpaired) electrons. The number of ether oxygens (including phenoxy) is 2. The smallest absolute Gasteiger partial charge is 0.453 e. The summed E-state index contributed by atoms with van der Waals surface area (Å²) in [4.78, 5) is 14.5. The van der Waals surface area contributed by atoms with E-state index in [0.29, 0.717) is 11.1 Å². The molecule has 13 N–H and O–H groups in total. The number of rotatable bonds is 7. The minimum atomic E-state index is -4.59. The normalized spacial score (nSPS) is 23.9. The van der Waals surface area contributed by atoms with E-state index in [1.54, 1.807) is 0 Å². The van der Waals surface area contributed by atoms with Crippen molar-refractivity contribution in [2.45, 2.75) is 48.3 Å². The number of hydrogen-bond donors (Lipinski definition) is 12. The van der Waals surface area contributed by atoms with E-state index in [2.05, 4.69) is 4.74 Å². The van der Waals surface area contributed by atoms with Crippen LogP contribution in [0.2, 0.25) is 0 Å². The molecule has 35 heavy (non-hydrogen) atoms. The van der Waals surface area contributed by atoms with Gasteiger partial charge in [-0.2, -0.15) is 0 Å². The topological polar surface area (TPSA) is 287 Å². The van der Waals surface area contributed by atoms with Gasteiger partial charge >= 0.3 is 12.1 Å². The van der Waals surface area contributed by atoms with Crippen LogP contribution in [-0.4, -0.2) is 116 Å². The van der Waals surface area contributed by atoms with Gasteiger partial charge in [-0.1, -0.05) is 0 Å². The van der Waals surface area contributed by atoms with Crippen LogP contribution in [0.3, 0.4) is 0 Å². The molecule has 16 nitrogen and oxygen atoms in total. The second-order valence-corrected chi connectivity index (χ2v) is 8.66. The second kappa shape index (κ2) is 8.53. The highest BCUT2D eigenvalue weighted by Crippen LogP contribution is 2.47. The summed E-state index contributed by atoms with van der Waals surface area (Å²) in [6.07, 6.45) is -3.77. The monoisotopic (exact) mass is 508 g/mol. The first kappa shape index (κ1) is 27.6. The third kappa shape index (κ3) is 4.60. The van der Waals surface area contributed by atoms with Gasteiger partial charge in [0.15, 0.2) is 11.5 Å². The number of benzene rings is 1. The van der Waals surface area contributed by atoms with Crippen molar-refractivity contribution in [1.82, 2.24) is 4.90 Å². The Labute approximate surface area is 196 Å². The van der Waals surface area contributed by atoms with E-state index >= 15 is 0 Å². The molecule has 1 aromatic carbocycles. The lowest BCUT2D eigenvalue weighted by atomic mass is 9.72. The Balaban J connectivity index is 2.00. The van der Waals surface area contributed by atoms with Gasteiger partial charge in [0.2, 0.25) is 5.79 Å². The molecule has 3 rings (SSSR count). The van der Waals surface area contributed by atoms with Gasteiger partial charge < -0.3 is 65.6 Å². The minimum Gasteiger partial charge on any atom is -0.493 e. The molecule has 2 aliphatic rings. The molecule has 2 aliphatic heterocycles. The summed E-state index contributed by atoms with van der Waals surface area (Å²) in [5.41, 5.74) is 1.46. The molecule has 1 fully saturated rings. The maximum absolute atomic E-state index is 13.0. The number of carbonyl (C=O) groups is 1. The van der Waals surface area contributed by atoms with E-state index in [0.717, 1.165) is 0 Å². The van der Waals surface area contributed by atoms with Crippen molar-refractivity contribution < 1.29 is 70.4 Å². The fourth-order valence-electron chi connectivity index (χ4n) is 4.64. The van der Waals surface area contributed by atoms with Crippen molar-refractivity contribution >= 4 is 5.78 Å². The molecule has 3 unspecified atom stereocenters. The Hall–Kier alpha value is -2.03. The Kier molecular flexibility index (Phi) is 6.71. The first-order valence-corrected chi connectivity index (χ1v) is 10.2. The van der Waals surface area contributed by atoms with Crippen LogP contribution in [0.15, 0.2) is 12.1 Å². The van der Waals surface area contributed by atoms with Crippen LogP contribution in [0.4, 0.5) is 0 Å². The summed E-state index contributed by atoms with van der Waals surface area (Å²) in [6, 6.07) is 1.96. The number of methoxy groups -OCH3 is 1. The fraction of sp³-hybridized carbons (Fsp3) is 0.632. The van der Waals surface area contributed by atoms with Gasteiger partial charge in [-0.3, -0.25) is 15.4 Å². The van der Waals surface area contributed by atoms with Gasteiger partial charge in [-0.25, -0.2) is 0 Å². The van der Waals surface area contributed by atoms with Gasteiger partial charge in [0.25, 0.3) is 11.5 Å². The molecule has 198 valence electrons. The second-order valence-electron chi connectivity index (χ2n) is 8.66. The van der Waals surface area contributed by atoms with Crippen molar-refractivity contribution in [3.05, 3.63) is 23.3 Å². The zero-order chi connectivity index (χ0) is 26.8. The molecule has 0 saturated carbocycles. The van der Waals surface area contributed by atoms with Crippen LogP contribution in [-0.2, 0) is 11.2 Å². The van der Waals surface area contributed by atoms with Crippen LogP contribution in [0.5, 0.6) is 11.5 Å². The molecular weight excluding hydrogens is 480 g/mol. The Morgan fingerprint density at radius 3 is 2.06 bits per heavy atom. The molecule has 2 heterocycles. The summed E-state index contributed by atoms with van der Waals surface area (Å²) in [6.45, 7) is -0.422. The zero-order valence-corrected chi connectivity index (χ0v) is 18.3. The predicted molar refractivity (Wildman–Crippen MR) is 107 cm³/mol. The standard InChI is InChI=1S/C19H28N2O14/c1-34-13-4-8-2-3-21-7-10(15(23,24)16(25,17(20,26)27)18(28,29)30)12(22)6-11(21)9(8)5-14(13)35-19(31,32)33/h4-5,10-11,23-33H,2-3,6-7,20H2,1H3. The summed E-state index contributed by atoms with van der Waals surface area (Å²) in [5, 5.41) is 107. The average molecular weight is 508 g/mol. The van der Waals surface area contributed by atoms with Crippen molar-refractivity contribution in [3.63, 3.8) is 0 Å². The minimum absolute atomic E-state index is 0.0314. The molecule has 0 aliphatic carbocycles. The molecule has 3 atom stereocenters. The van der Waals surface area contributed by atoms with Gasteiger partial charge in [-0.15, -0.1) is 0 Å². The number of carbonyl (C=O) groups excluding carboxylic acids is 1. The van der Waals surface area contributed by atoms with Crippen LogP contribution in [0, 0.1) is 5.92 Å². The number of piperidine rings is 1. The average Bonchev–Trinajstić information content (AvgIpc) is 2.69. The highest BCUT2D eigenvalue weighted by atomic mass is 16.9. The molecule has 1 saturated heterocycles. The van der Waals surface area contributed by atoms with Crippen molar-refractivity contribution in [2.24, 2.45) is 11.7 Å². The van der Waals surface area contributed by atoms with E-state index in [9.17, 15) is 61.0 Å². The fourth-order valence-corrected chi connectivity index (χ4v) is 4.64. The van der Waals surface area contributed by atoms with Gasteiger partial charge in [0.1, 0.15) is 5.78 Å². The van der Waals surface area contributed by atoms with Crippen LogP contribution in [0.1, 0.15) is 23.6 Å². The van der Waals surface area contributed by atoms with Crippen LogP contribution < -0.4 is 15.2 Å². The zero-order valence-electron chi connectivity index (χ0n) is 18.3. The molecule has 1 aromatic rings. The first-order valence-electron chi connectivity index (χ1n) is 10.2. The largest absolute Gasteiger partial charge is 0.493 e. The Bertz CT molecular complexity index is 963. The number of fused-ring (bicyclic) bond motifs is 3. The summed E-state index contributed by atoms with van der Waals surface area (Å²) >= 11 is 0. The first-order chi connectivity index (χ1) is 15.7. The summed E-state index contributed by atoms with van der Waals surface area (Å²) in [5.74, 6) is -16.3. The SMILES string of the molecule is COc1cc2c(cc1OC(O)(O)O)C1CC(=O)C(C(O)(O)C(O)(C(N)(O)O)C(O)(O)O)CN1CC2. The van der Waals surface area contributed by atoms with Gasteiger partial charge in [0.05, 0.1) is 13.0 Å². The molecule has 16 heteroatoms. The predicted octanol–water partition coefficient (Wildman–Crippen LogP) is -6.21. The lowest BCUT2D eigenvalue weighted by Gasteiger charge is -2.53. The Morgan fingerprint density at radius 2 is 1.57 bits per heavy atom. The maximum Gasteiger partial charge on any atom is 0.453 e. The third-order valence-electron chi connectivity index (χ3n) is 6.38. The summed E-state index contributed by atoms with van der Waals surface area (Å²) in [7, 11) is 1.26. The lowest BCUT2D eigenvalue weighted by Crippen LogP contribution is -2.83. The van der Waals surface area contributed by atoms with Crippen molar-refractivity contribution in [3.8, 4) is 11.5 Å². The number of nitrogens with two attached hydrogens (primary N) is 1. The maximum atomic E-state index is 13.0. The van der Waals surface area contributed by atoms with Gasteiger partial charge in [-0.05, 0) is 29.7 Å². The number of nitrogens with zero attached hydrogens (tertiary/aromatic N) is 1. The van der Waals surface area contributed by atoms with E-state index < -0.39 is 60.1 Å². The molecule has 0 aromatic heterocycles. The van der Waals surface area contributed by atoms with Crippen molar-refractivity contribution in [1.29, 1.82) is 0 Å². The van der Waals surface area contributed by atoms with E-state index in [1.807, 2.05) is 0 Å². The quantitative estimate of drug-likeness (QED) is 0.152. The molecule has 0 spiro atoms. The van der Waals surface area contributed by atoms with E-state index in [1.165, 1.54) is 24.1 Å². The van der Waals surface area contributed by atoms with E-state index in [-0.39, 0.29) is 24.5 Å². The number of hydrogen-bond acceptors (Lipinski definition) is 16. The van der Waals surface area contributed by atoms with Crippen LogP contribution in [0.25, 0.3) is 0 Å². The van der Waals surface area contributed by atoms with Gasteiger partial charge in [0, 0.05) is 25.6 Å². The molecular formula is C19H28N2O14. The Morgan fingerprint density at radius 1 is 0.971 bits per heavy atom. The third-order valence-corrected chi connectivity index (χ3v) is 6.38. The number of ketones is 1. The number of aliphatic hydroxyl groups is 11. The lowest BCUT2D eigenvalue weighted by molar-refractivity contribution is -0.508. The highest BCUT2D eigenvalue weighted by molar-refractivity contribution is 5.84. The van der Waals surface area contributed by atoms with E-state index in [4.69, 9.17) is 10.5 Å². The highest BCUT2D eigenvalue weighted by Gasteiger charge is 2.75. The van der Waals surface area contributed by atoms with Crippen molar-refractivity contribution in [2.75, 3.05) is 20.2 Å². The molecule has 0 amide bonds. The molecule has 0 bridgehead atoms. The number of Topliss-reactive ketones (excluding diaryl/α,β-unsaturated/α-hetero) is 1. The summed E-state index contributed by atoms with van der Waals surface area (Å²) < 4.78 is 9.78. The van der Waals surface area contributed by atoms with Crippen LogP contribution >= 0.6 is 0 Å².